The first-order valence-electron chi connectivity index (χ1n) is 5.83. The smallest absolute Gasteiger partial charge is 0.350 e. The van der Waals surface area contributed by atoms with Gasteiger partial charge < -0.3 is 15.8 Å². The first-order chi connectivity index (χ1) is 8.66. The van der Waals surface area contributed by atoms with E-state index in [0.717, 1.165) is 11.3 Å². The van der Waals surface area contributed by atoms with Gasteiger partial charge in [-0.1, -0.05) is 32.1 Å². The molecule has 0 saturated heterocycles. The van der Waals surface area contributed by atoms with Crippen molar-refractivity contribution in [1.29, 1.82) is 0 Å². The van der Waals surface area contributed by atoms with Crippen LogP contribution in [0.5, 0.6) is 0 Å². The van der Waals surface area contributed by atoms with Gasteiger partial charge in [-0.05, 0) is 6.92 Å². The van der Waals surface area contributed by atoms with Crippen LogP contribution in [0.2, 0.25) is 0 Å². The van der Waals surface area contributed by atoms with Gasteiger partial charge in [0.2, 0.25) is 5.91 Å². The molecule has 0 aliphatic rings. The van der Waals surface area contributed by atoms with E-state index in [4.69, 9.17) is 10.5 Å². The first-order valence-corrected chi connectivity index (χ1v) is 6.64. The highest BCUT2D eigenvalue weighted by Crippen LogP contribution is 2.32. The lowest BCUT2D eigenvalue weighted by Gasteiger charge is -2.16. The third-order valence-electron chi connectivity index (χ3n) is 2.35. The van der Waals surface area contributed by atoms with Crippen LogP contribution >= 0.6 is 11.3 Å². The van der Waals surface area contributed by atoms with Crippen molar-refractivity contribution >= 4 is 28.3 Å². The molecule has 0 spiro atoms. The van der Waals surface area contributed by atoms with E-state index in [1.807, 2.05) is 20.8 Å². The number of nitrogens with one attached hydrogen (secondary N) is 1. The molecule has 1 rings (SSSR count). The van der Waals surface area contributed by atoms with Crippen LogP contribution in [0.1, 0.15) is 43.1 Å². The minimum absolute atomic E-state index is 0.322. The Kier molecular flexibility index (Phi) is 4.65. The SMILES string of the molecule is COC(=O)c1sc(NC(=O)[C@H](C)N)nc1C(C)(C)C. The van der Waals surface area contributed by atoms with Gasteiger partial charge in [-0.15, -0.1) is 0 Å². The number of hydrogen-bond acceptors (Lipinski definition) is 6. The van der Waals surface area contributed by atoms with Crippen molar-refractivity contribution in [2.45, 2.75) is 39.2 Å². The van der Waals surface area contributed by atoms with Gasteiger partial charge >= 0.3 is 5.97 Å². The second kappa shape index (κ2) is 5.66. The molecule has 6 nitrogen and oxygen atoms in total. The van der Waals surface area contributed by atoms with Gasteiger partial charge in [-0.3, -0.25) is 4.79 Å². The summed E-state index contributed by atoms with van der Waals surface area (Å²) in [6, 6.07) is -0.636. The maximum Gasteiger partial charge on any atom is 0.350 e. The van der Waals surface area contributed by atoms with Gasteiger partial charge in [-0.2, -0.15) is 0 Å². The third-order valence-corrected chi connectivity index (χ3v) is 3.30. The Morgan fingerprint density at radius 1 is 1.42 bits per heavy atom. The Hall–Kier alpha value is -1.47. The number of nitrogens with two attached hydrogens (primary N) is 1. The van der Waals surface area contributed by atoms with Crippen molar-refractivity contribution in [2.75, 3.05) is 12.4 Å². The molecule has 106 valence electrons. The zero-order valence-electron chi connectivity index (χ0n) is 11.7. The van der Waals surface area contributed by atoms with Crippen molar-refractivity contribution < 1.29 is 14.3 Å². The predicted octanol–water partition coefficient (Wildman–Crippen LogP) is 1.51. The third kappa shape index (κ3) is 3.74. The highest BCUT2D eigenvalue weighted by Gasteiger charge is 2.28. The van der Waals surface area contributed by atoms with Crippen LogP contribution in [0, 0.1) is 0 Å². The highest BCUT2D eigenvalue weighted by molar-refractivity contribution is 7.17. The molecule has 1 aromatic heterocycles. The average Bonchev–Trinajstić information content (AvgIpc) is 2.71. The highest BCUT2D eigenvalue weighted by atomic mass is 32.1. The number of hydrogen-bond donors (Lipinski definition) is 2. The van der Waals surface area contributed by atoms with E-state index in [1.54, 1.807) is 6.92 Å². The number of carbonyl (C=O) groups excluding carboxylic acids is 2. The molecule has 3 N–H and O–H groups in total. The van der Waals surface area contributed by atoms with E-state index in [-0.39, 0.29) is 11.3 Å². The lowest BCUT2D eigenvalue weighted by molar-refractivity contribution is -0.117. The monoisotopic (exact) mass is 285 g/mol. The van der Waals surface area contributed by atoms with Crippen LogP contribution in [0.25, 0.3) is 0 Å². The molecule has 1 amide bonds. The fourth-order valence-electron chi connectivity index (χ4n) is 1.33. The molecule has 1 atom stereocenters. The molecule has 1 aromatic rings. The van der Waals surface area contributed by atoms with E-state index in [9.17, 15) is 9.59 Å². The summed E-state index contributed by atoms with van der Waals surface area (Å²) in [5.74, 6) is -0.797. The number of esters is 1. The molecule has 7 heteroatoms. The molecular formula is C12H19N3O3S. The topological polar surface area (TPSA) is 94.3 Å². The van der Waals surface area contributed by atoms with Gasteiger partial charge in [0.05, 0.1) is 18.8 Å². The number of ether oxygens (including phenoxy) is 1. The summed E-state index contributed by atoms with van der Waals surface area (Å²) < 4.78 is 4.73. The number of nitrogens with zero attached hydrogens (tertiary/aromatic N) is 1. The second-order valence-electron chi connectivity index (χ2n) is 5.22. The number of anilines is 1. The summed E-state index contributed by atoms with van der Waals surface area (Å²) in [5, 5.41) is 2.94. The number of rotatable bonds is 3. The van der Waals surface area contributed by atoms with E-state index < -0.39 is 12.0 Å². The van der Waals surface area contributed by atoms with Gasteiger partial charge in [0.25, 0.3) is 0 Å². The number of methoxy groups -OCH3 is 1. The molecule has 19 heavy (non-hydrogen) atoms. The van der Waals surface area contributed by atoms with Crippen LogP contribution in [-0.2, 0) is 14.9 Å². The molecule has 0 aliphatic heterocycles. The number of carbonyl (C=O) groups is 2. The summed E-state index contributed by atoms with van der Waals surface area (Å²) in [4.78, 5) is 28.0. The lowest BCUT2D eigenvalue weighted by atomic mass is 9.91. The summed E-state index contributed by atoms with van der Waals surface area (Å²) in [5.41, 5.74) is 5.75. The average molecular weight is 285 g/mol. The molecule has 0 aromatic carbocycles. The lowest BCUT2D eigenvalue weighted by Crippen LogP contribution is -2.32. The number of amides is 1. The zero-order valence-corrected chi connectivity index (χ0v) is 12.6. The Labute approximate surface area is 116 Å². The molecule has 0 fully saturated rings. The largest absolute Gasteiger partial charge is 0.465 e. The van der Waals surface area contributed by atoms with Crippen LogP contribution < -0.4 is 11.1 Å². The van der Waals surface area contributed by atoms with Crippen LogP contribution in [0.15, 0.2) is 0 Å². The van der Waals surface area contributed by atoms with Gasteiger partial charge in [0.1, 0.15) is 4.88 Å². The van der Waals surface area contributed by atoms with Crippen molar-refractivity contribution in [2.24, 2.45) is 5.73 Å². The Balaban J connectivity index is 3.14. The minimum Gasteiger partial charge on any atom is -0.465 e. The van der Waals surface area contributed by atoms with E-state index in [1.165, 1.54) is 7.11 Å². The Bertz CT molecular complexity index is 489. The maximum absolute atomic E-state index is 11.7. The summed E-state index contributed by atoms with van der Waals surface area (Å²) in [6.07, 6.45) is 0. The first kappa shape index (κ1) is 15.6. The summed E-state index contributed by atoms with van der Waals surface area (Å²) in [7, 11) is 1.31. The standard InChI is InChI=1S/C12H19N3O3S/c1-6(13)9(16)15-11-14-8(12(2,3)4)7(19-11)10(17)18-5/h6H,13H2,1-5H3,(H,14,15,16)/t6-/m0/s1. The number of aromatic nitrogens is 1. The normalized spacial score (nSPS) is 12.9. The predicted molar refractivity (Wildman–Crippen MR) is 74.4 cm³/mol. The van der Waals surface area contributed by atoms with Crippen LogP contribution in [-0.4, -0.2) is 30.0 Å². The molecule has 0 saturated carbocycles. The van der Waals surface area contributed by atoms with Gasteiger partial charge in [0.15, 0.2) is 5.13 Å². The van der Waals surface area contributed by atoms with E-state index in [2.05, 4.69) is 10.3 Å². The summed E-state index contributed by atoms with van der Waals surface area (Å²) in [6.45, 7) is 7.39. The second-order valence-corrected chi connectivity index (χ2v) is 6.22. The Morgan fingerprint density at radius 3 is 2.42 bits per heavy atom. The van der Waals surface area contributed by atoms with Gasteiger partial charge in [0, 0.05) is 5.41 Å². The van der Waals surface area contributed by atoms with Crippen molar-refractivity contribution in [1.82, 2.24) is 4.98 Å². The molecular weight excluding hydrogens is 266 g/mol. The van der Waals surface area contributed by atoms with Crippen molar-refractivity contribution in [3.05, 3.63) is 10.6 Å². The van der Waals surface area contributed by atoms with Crippen molar-refractivity contribution in [3.63, 3.8) is 0 Å². The molecule has 0 aliphatic carbocycles. The van der Waals surface area contributed by atoms with Crippen LogP contribution in [0.3, 0.4) is 0 Å². The van der Waals surface area contributed by atoms with Crippen LogP contribution in [0.4, 0.5) is 5.13 Å². The maximum atomic E-state index is 11.7. The fraction of sp³-hybridized carbons (Fsp3) is 0.583. The Morgan fingerprint density at radius 2 is 2.00 bits per heavy atom. The summed E-state index contributed by atoms with van der Waals surface area (Å²) >= 11 is 1.09. The molecule has 0 unspecified atom stereocenters. The zero-order chi connectivity index (χ0) is 14.8. The minimum atomic E-state index is -0.636. The quantitative estimate of drug-likeness (QED) is 0.821. The van der Waals surface area contributed by atoms with Gasteiger partial charge in [-0.25, -0.2) is 9.78 Å². The van der Waals surface area contributed by atoms with E-state index >= 15 is 0 Å². The fourth-order valence-corrected chi connectivity index (χ4v) is 2.43. The molecule has 1 heterocycles. The molecule has 0 bridgehead atoms. The van der Waals surface area contributed by atoms with E-state index in [0.29, 0.717) is 15.7 Å². The molecule has 0 radical (unpaired) electrons. The number of thiazole rings is 1. The van der Waals surface area contributed by atoms with Crippen molar-refractivity contribution in [3.8, 4) is 0 Å².